The molecule has 1 amide bonds. The SMILES string of the molecule is COC(=O)C[Si]C1CCN(c2ccc(-c3cn4cc(C(=O)N5CCc6ccccc6[C@H]5C)cc(-c5cccnc5)c4n3)c(F)c2)C1. The van der Waals surface area contributed by atoms with E-state index in [1.54, 1.807) is 36.9 Å². The summed E-state index contributed by atoms with van der Waals surface area (Å²) >= 11 is 0. The average Bonchev–Trinajstić information content (AvgIpc) is 3.75. The highest BCUT2D eigenvalue weighted by atomic mass is 28.2. The van der Waals surface area contributed by atoms with Gasteiger partial charge >= 0.3 is 5.97 Å². The second-order valence-electron chi connectivity index (χ2n) is 11.9. The van der Waals surface area contributed by atoms with Crippen LogP contribution in [0.1, 0.15) is 40.9 Å². The highest BCUT2D eigenvalue weighted by Crippen LogP contribution is 2.35. The van der Waals surface area contributed by atoms with Crippen molar-refractivity contribution in [3.8, 4) is 22.4 Å². The van der Waals surface area contributed by atoms with Crippen molar-refractivity contribution in [1.29, 1.82) is 0 Å². The van der Waals surface area contributed by atoms with Crippen molar-refractivity contribution < 1.29 is 18.7 Å². The molecule has 0 N–H and O–H groups in total. The van der Waals surface area contributed by atoms with Crippen LogP contribution in [0.4, 0.5) is 10.1 Å². The third-order valence-corrected chi connectivity index (χ3v) is 10.7. The fourth-order valence-electron chi connectivity index (χ4n) is 6.66. The highest BCUT2D eigenvalue weighted by molar-refractivity contribution is 6.43. The predicted octanol–water partition coefficient (Wildman–Crippen LogP) is 6.26. The molecule has 46 heavy (non-hydrogen) atoms. The van der Waals surface area contributed by atoms with Crippen molar-refractivity contribution in [2.45, 2.75) is 37.4 Å². The zero-order valence-electron chi connectivity index (χ0n) is 25.8. The summed E-state index contributed by atoms with van der Waals surface area (Å²) in [6, 6.07) is 19.6. The topological polar surface area (TPSA) is 80.0 Å². The number of imidazole rings is 1. The smallest absolute Gasteiger partial charge is 0.302 e. The molecule has 2 aliphatic rings. The number of anilines is 1. The van der Waals surface area contributed by atoms with E-state index in [1.807, 2.05) is 45.7 Å². The van der Waals surface area contributed by atoms with E-state index in [9.17, 15) is 9.59 Å². The number of methoxy groups -OCH3 is 1. The Morgan fingerprint density at radius 1 is 1.04 bits per heavy atom. The minimum Gasteiger partial charge on any atom is -0.469 e. The molecule has 2 aliphatic heterocycles. The number of amides is 1. The molecular weight excluding hydrogens is 598 g/mol. The van der Waals surface area contributed by atoms with Crippen LogP contribution in [-0.4, -0.2) is 67.4 Å². The maximum absolute atomic E-state index is 15.7. The number of carbonyl (C=O) groups is 2. The van der Waals surface area contributed by atoms with Gasteiger partial charge in [0.25, 0.3) is 5.91 Å². The summed E-state index contributed by atoms with van der Waals surface area (Å²) in [5.41, 5.74) is 7.27. The van der Waals surface area contributed by atoms with Gasteiger partial charge < -0.3 is 18.9 Å². The zero-order valence-corrected chi connectivity index (χ0v) is 26.8. The van der Waals surface area contributed by atoms with Crippen LogP contribution >= 0.6 is 0 Å². The summed E-state index contributed by atoms with van der Waals surface area (Å²) in [7, 11) is 1.90. The molecule has 5 aromatic rings. The third kappa shape index (κ3) is 5.69. The number of aromatic nitrogens is 3. The van der Waals surface area contributed by atoms with Crippen molar-refractivity contribution in [2.24, 2.45) is 0 Å². The van der Waals surface area contributed by atoms with Gasteiger partial charge in [0, 0.05) is 72.8 Å². The van der Waals surface area contributed by atoms with Crippen LogP contribution in [0.25, 0.3) is 28.0 Å². The number of fused-ring (bicyclic) bond motifs is 2. The molecule has 2 atom stereocenters. The van der Waals surface area contributed by atoms with Crippen LogP contribution in [0.2, 0.25) is 11.6 Å². The fourth-order valence-corrected chi connectivity index (χ4v) is 7.95. The quantitative estimate of drug-likeness (QED) is 0.156. The summed E-state index contributed by atoms with van der Waals surface area (Å²) in [5.74, 6) is -0.605. The first-order valence-electron chi connectivity index (χ1n) is 15.6. The van der Waals surface area contributed by atoms with Gasteiger partial charge in [-0.05, 0) is 66.8 Å². The van der Waals surface area contributed by atoms with Gasteiger partial charge in [0.15, 0.2) is 0 Å². The number of hydrogen-bond acceptors (Lipinski definition) is 6. The third-order valence-electron chi connectivity index (χ3n) is 9.17. The first-order valence-corrected chi connectivity index (χ1v) is 16.8. The van der Waals surface area contributed by atoms with E-state index in [4.69, 9.17) is 9.72 Å². The summed E-state index contributed by atoms with van der Waals surface area (Å²) in [6.07, 6.45) is 8.82. The molecule has 0 aliphatic carbocycles. The molecule has 10 heteroatoms. The minimum absolute atomic E-state index is 0.0554. The molecule has 1 fully saturated rings. The van der Waals surface area contributed by atoms with Crippen LogP contribution in [-0.2, 0) is 16.0 Å². The number of rotatable bonds is 7. The lowest BCUT2D eigenvalue weighted by Crippen LogP contribution is -2.38. The van der Waals surface area contributed by atoms with Gasteiger partial charge in [0.1, 0.15) is 11.5 Å². The van der Waals surface area contributed by atoms with Crippen molar-refractivity contribution in [3.63, 3.8) is 0 Å². The van der Waals surface area contributed by atoms with Gasteiger partial charge in [-0.2, -0.15) is 0 Å². The van der Waals surface area contributed by atoms with Gasteiger partial charge in [-0.3, -0.25) is 14.6 Å². The maximum atomic E-state index is 15.7. The predicted molar refractivity (Wildman–Crippen MR) is 177 cm³/mol. The molecular formula is C36H34FN5O3Si. The largest absolute Gasteiger partial charge is 0.469 e. The lowest BCUT2D eigenvalue weighted by molar-refractivity contribution is -0.137. The average molecular weight is 632 g/mol. The van der Waals surface area contributed by atoms with Gasteiger partial charge in [0.05, 0.1) is 33.9 Å². The van der Waals surface area contributed by atoms with Crippen molar-refractivity contribution in [1.82, 2.24) is 19.3 Å². The Morgan fingerprint density at radius 2 is 1.91 bits per heavy atom. The Labute approximate surface area is 269 Å². The molecule has 2 aromatic carbocycles. The normalized spacial score (nSPS) is 17.7. The van der Waals surface area contributed by atoms with Crippen LogP contribution in [0.5, 0.6) is 0 Å². The van der Waals surface area contributed by atoms with E-state index < -0.39 is 0 Å². The number of ether oxygens (including phenoxy) is 1. The van der Waals surface area contributed by atoms with E-state index in [-0.39, 0.29) is 23.7 Å². The van der Waals surface area contributed by atoms with Crippen molar-refractivity contribution >= 4 is 32.7 Å². The molecule has 2 radical (unpaired) electrons. The Kier molecular flexibility index (Phi) is 8.12. The van der Waals surface area contributed by atoms with Gasteiger partial charge in [-0.1, -0.05) is 30.3 Å². The standard InChI is InChI=1S/C36H34FN5O3Si/c1-23-29-8-4-3-6-24(29)11-15-42(23)36(44)26-16-31(25-7-5-13-38-18-25)35-39-33(21-41(35)19-26)30-10-9-27(17-32(30)37)40-14-12-28(20-40)46-22-34(43)45-2/h3-10,13,16-19,21,23,28H,11-12,14-15,20,22H2,1-2H3/t23-,28?/m1/s1. The number of nitrogens with zero attached hydrogens (tertiary/aromatic N) is 5. The zero-order chi connectivity index (χ0) is 31.8. The number of carbonyl (C=O) groups excluding carboxylic acids is 2. The first kappa shape index (κ1) is 29.9. The second-order valence-corrected chi connectivity index (χ2v) is 13.5. The lowest BCUT2D eigenvalue weighted by Gasteiger charge is -2.35. The molecule has 7 rings (SSSR count). The molecule has 3 aromatic heterocycles. The molecule has 8 nitrogen and oxygen atoms in total. The number of pyridine rings is 2. The van der Waals surface area contributed by atoms with Gasteiger partial charge in [-0.25, -0.2) is 9.37 Å². The number of halogens is 1. The Balaban J connectivity index is 1.20. The lowest BCUT2D eigenvalue weighted by atomic mass is 9.93. The van der Waals surface area contributed by atoms with Gasteiger partial charge in [-0.15, -0.1) is 0 Å². The van der Waals surface area contributed by atoms with Crippen molar-refractivity contribution in [3.05, 3.63) is 108 Å². The Hall–Kier alpha value is -4.83. The summed E-state index contributed by atoms with van der Waals surface area (Å²) < 4.78 is 22.4. The van der Waals surface area contributed by atoms with E-state index in [1.165, 1.54) is 18.2 Å². The molecule has 0 bridgehead atoms. The molecule has 0 saturated carbocycles. The number of hydrogen-bond donors (Lipinski definition) is 0. The first-order chi connectivity index (χ1) is 22.4. The molecule has 1 unspecified atom stereocenters. The number of esters is 1. The second kappa shape index (κ2) is 12.5. The molecule has 1 saturated heterocycles. The van der Waals surface area contributed by atoms with E-state index in [0.717, 1.165) is 42.7 Å². The van der Waals surface area contributed by atoms with E-state index in [2.05, 4.69) is 28.9 Å². The molecule has 0 spiro atoms. The molecule has 5 heterocycles. The van der Waals surface area contributed by atoms with E-state index >= 15 is 4.39 Å². The number of benzene rings is 2. The summed E-state index contributed by atoms with van der Waals surface area (Å²) in [5, 5.41) is 0. The minimum atomic E-state index is -0.360. The van der Waals surface area contributed by atoms with Crippen molar-refractivity contribution in [2.75, 3.05) is 31.6 Å². The highest BCUT2D eigenvalue weighted by Gasteiger charge is 2.29. The Bertz CT molecular complexity index is 1930. The van der Waals surface area contributed by atoms with E-state index in [0.29, 0.717) is 50.1 Å². The fraction of sp³-hybridized carbons (Fsp3) is 0.278. The summed E-state index contributed by atoms with van der Waals surface area (Å²) in [6.45, 7) is 4.31. The maximum Gasteiger partial charge on any atom is 0.302 e. The van der Waals surface area contributed by atoms with Crippen LogP contribution in [0, 0.1) is 5.82 Å². The monoisotopic (exact) mass is 631 g/mol. The van der Waals surface area contributed by atoms with Crippen LogP contribution < -0.4 is 4.90 Å². The van der Waals surface area contributed by atoms with Gasteiger partial charge in [0.2, 0.25) is 0 Å². The van der Waals surface area contributed by atoms with Crippen LogP contribution in [0.15, 0.2) is 85.5 Å². The summed E-state index contributed by atoms with van der Waals surface area (Å²) in [4.78, 5) is 38.9. The molecule has 232 valence electrons. The van der Waals surface area contributed by atoms with Crippen LogP contribution in [0.3, 0.4) is 0 Å². The Morgan fingerprint density at radius 3 is 2.72 bits per heavy atom.